The van der Waals surface area contributed by atoms with Gasteiger partial charge in [0.2, 0.25) is 0 Å². The molecule has 0 spiro atoms. The number of nitrogens with zero attached hydrogens (tertiary/aromatic N) is 3. The standard InChI is InChI=1S/C13H17Cl3N4S/c1-17-11(8-6-10(15)21-13(8)16)12-9(14)7-18-20(12)5-4-19(2)3/h6-7,11,17H,4-5H2,1-3H3. The Morgan fingerprint density at radius 1 is 1.38 bits per heavy atom. The lowest BCUT2D eigenvalue weighted by Gasteiger charge is -2.19. The van der Waals surface area contributed by atoms with Crippen molar-refractivity contribution in [3.8, 4) is 0 Å². The Morgan fingerprint density at radius 2 is 2.10 bits per heavy atom. The summed E-state index contributed by atoms with van der Waals surface area (Å²) in [6.07, 6.45) is 1.67. The molecule has 0 aliphatic rings. The van der Waals surface area contributed by atoms with Crippen LogP contribution in [0.25, 0.3) is 0 Å². The maximum Gasteiger partial charge on any atom is 0.0996 e. The molecule has 0 bridgehead atoms. The van der Waals surface area contributed by atoms with Crippen LogP contribution >= 0.6 is 46.1 Å². The van der Waals surface area contributed by atoms with E-state index in [1.54, 1.807) is 6.20 Å². The van der Waals surface area contributed by atoms with Crippen molar-refractivity contribution < 1.29 is 0 Å². The molecule has 1 atom stereocenters. The monoisotopic (exact) mass is 366 g/mol. The van der Waals surface area contributed by atoms with Crippen LogP contribution < -0.4 is 5.32 Å². The minimum atomic E-state index is -0.140. The molecular weight excluding hydrogens is 351 g/mol. The number of aromatic nitrogens is 2. The topological polar surface area (TPSA) is 33.1 Å². The molecule has 2 aromatic heterocycles. The lowest BCUT2D eigenvalue weighted by Crippen LogP contribution is -2.25. The van der Waals surface area contributed by atoms with Crippen LogP contribution in [0.4, 0.5) is 0 Å². The maximum atomic E-state index is 6.33. The summed E-state index contributed by atoms with van der Waals surface area (Å²) in [6.45, 7) is 1.63. The predicted molar refractivity (Wildman–Crippen MR) is 91.0 cm³/mol. The summed E-state index contributed by atoms with van der Waals surface area (Å²) in [5.41, 5.74) is 1.82. The molecule has 0 radical (unpaired) electrons. The molecule has 8 heteroatoms. The Bertz CT molecular complexity index is 609. The molecule has 0 amide bonds. The van der Waals surface area contributed by atoms with Gasteiger partial charge in [0.1, 0.15) is 0 Å². The van der Waals surface area contributed by atoms with Gasteiger partial charge in [0.05, 0.1) is 38.2 Å². The zero-order chi connectivity index (χ0) is 15.6. The molecule has 0 fully saturated rings. The van der Waals surface area contributed by atoms with Crippen molar-refractivity contribution >= 4 is 46.1 Å². The highest BCUT2D eigenvalue weighted by atomic mass is 35.5. The van der Waals surface area contributed by atoms with E-state index in [4.69, 9.17) is 34.8 Å². The second-order valence-corrected chi connectivity index (χ2v) is 7.60. The summed E-state index contributed by atoms with van der Waals surface area (Å²) < 4.78 is 3.23. The Morgan fingerprint density at radius 3 is 2.62 bits per heavy atom. The van der Waals surface area contributed by atoms with Crippen LogP contribution in [0, 0.1) is 0 Å². The number of hydrogen-bond donors (Lipinski definition) is 1. The predicted octanol–water partition coefficient (Wildman–Crippen LogP) is 3.78. The van der Waals surface area contributed by atoms with E-state index in [2.05, 4.69) is 15.3 Å². The van der Waals surface area contributed by atoms with Gasteiger partial charge in [-0.15, -0.1) is 11.3 Å². The molecule has 2 rings (SSSR count). The molecule has 1 unspecified atom stereocenters. The van der Waals surface area contributed by atoms with Gasteiger partial charge in [-0.25, -0.2) is 0 Å². The number of thiophene rings is 1. The highest BCUT2D eigenvalue weighted by Gasteiger charge is 2.24. The summed E-state index contributed by atoms with van der Waals surface area (Å²) >= 11 is 20.0. The van der Waals surface area contributed by atoms with E-state index < -0.39 is 0 Å². The molecule has 2 aromatic rings. The Kier molecular flexibility index (Phi) is 5.94. The largest absolute Gasteiger partial charge is 0.308 e. The number of likely N-dealkylation sites (N-methyl/N-ethyl adjacent to an activating group) is 1. The molecule has 21 heavy (non-hydrogen) atoms. The summed E-state index contributed by atoms with van der Waals surface area (Å²) in [6, 6.07) is 1.73. The summed E-state index contributed by atoms with van der Waals surface area (Å²) in [5.74, 6) is 0. The van der Waals surface area contributed by atoms with Crippen LogP contribution in [0.2, 0.25) is 13.7 Å². The van der Waals surface area contributed by atoms with Crippen LogP contribution in [0.5, 0.6) is 0 Å². The third-order valence-corrected chi connectivity index (χ3v) is 4.96. The zero-order valence-corrected chi connectivity index (χ0v) is 15.1. The highest BCUT2D eigenvalue weighted by Crippen LogP contribution is 2.38. The number of nitrogens with one attached hydrogen (secondary N) is 1. The van der Waals surface area contributed by atoms with Gasteiger partial charge in [-0.1, -0.05) is 34.8 Å². The van der Waals surface area contributed by atoms with E-state index in [0.29, 0.717) is 13.7 Å². The van der Waals surface area contributed by atoms with Gasteiger partial charge < -0.3 is 10.2 Å². The molecule has 4 nitrogen and oxygen atoms in total. The normalized spacial score (nSPS) is 13.1. The van der Waals surface area contributed by atoms with Crippen LogP contribution in [0.1, 0.15) is 17.3 Å². The third-order valence-electron chi connectivity index (χ3n) is 3.15. The van der Waals surface area contributed by atoms with Gasteiger partial charge >= 0.3 is 0 Å². The average molecular weight is 368 g/mol. The molecule has 0 saturated carbocycles. The molecule has 0 aliphatic heterocycles. The van der Waals surface area contributed by atoms with E-state index in [9.17, 15) is 0 Å². The number of halogens is 3. The lowest BCUT2D eigenvalue weighted by molar-refractivity contribution is 0.366. The van der Waals surface area contributed by atoms with Gasteiger partial charge in [0.25, 0.3) is 0 Å². The Labute approximate surface area is 143 Å². The van der Waals surface area contributed by atoms with Crippen molar-refractivity contribution in [2.75, 3.05) is 27.7 Å². The average Bonchev–Trinajstić information content (AvgIpc) is 2.93. The van der Waals surface area contributed by atoms with Gasteiger partial charge in [-0.2, -0.15) is 5.10 Å². The first-order chi connectivity index (χ1) is 9.93. The van der Waals surface area contributed by atoms with Gasteiger partial charge in [-0.05, 0) is 27.2 Å². The fourth-order valence-corrected chi connectivity index (χ4v) is 3.90. The fraction of sp³-hybridized carbons (Fsp3) is 0.462. The van der Waals surface area contributed by atoms with E-state index in [-0.39, 0.29) is 6.04 Å². The second-order valence-electron chi connectivity index (χ2n) is 4.91. The summed E-state index contributed by atoms with van der Waals surface area (Å²) in [7, 11) is 5.91. The molecule has 1 N–H and O–H groups in total. The molecule has 0 aliphatic carbocycles. The van der Waals surface area contributed by atoms with Crippen molar-refractivity contribution in [1.29, 1.82) is 0 Å². The van der Waals surface area contributed by atoms with Crippen LogP contribution in [0.3, 0.4) is 0 Å². The van der Waals surface area contributed by atoms with Gasteiger partial charge in [0, 0.05) is 12.1 Å². The number of rotatable bonds is 6. The van der Waals surface area contributed by atoms with E-state index in [0.717, 1.165) is 24.3 Å². The van der Waals surface area contributed by atoms with Crippen LogP contribution in [0.15, 0.2) is 12.3 Å². The molecule has 0 aromatic carbocycles. The van der Waals surface area contributed by atoms with Crippen LogP contribution in [-0.2, 0) is 6.54 Å². The minimum absolute atomic E-state index is 0.140. The molecule has 0 saturated heterocycles. The molecular formula is C13H17Cl3N4S. The van der Waals surface area contributed by atoms with Crippen molar-refractivity contribution in [3.05, 3.63) is 37.2 Å². The van der Waals surface area contributed by atoms with Gasteiger partial charge in [0.15, 0.2) is 0 Å². The van der Waals surface area contributed by atoms with E-state index >= 15 is 0 Å². The fourth-order valence-electron chi connectivity index (χ4n) is 2.12. The third kappa shape index (κ3) is 3.92. The summed E-state index contributed by atoms with van der Waals surface area (Å²) in [4.78, 5) is 2.10. The second kappa shape index (κ2) is 7.31. The first-order valence-corrected chi connectivity index (χ1v) is 8.37. The minimum Gasteiger partial charge on any atom is -0.308 e. The smallest absolute Gasteiger partial charge is 0.0996 e. The zero-order valence-electron chi connectivity index (χ0n) is 12.0. The van der Waals surface area contributed by atoms with Crippen molar-refractivity contribution in [3.63, 3.8) is 0 Å². The molecule has 116 valence electrons. The molecule has 2 heterocycles. The first-order valence-electron chi connectivity index (χ1n) is 6.42. The number of hydrogen-bond acceptors (Lipinski definition) is 4. The van der Waals surface area contributed by atoms with E-state index in [1.807, 2.05) is 31.9 Å². The lowest BCUT2D eigenvalue weighted by atomic mass is 10.1. The van der Waals surface area contributed by atoms with Gasteiger partial charge in [-0.3, -0.25) is 4.68 Å². The SMILES string of the molecule is CNC(c1cc(Cl)sc1Cl)c1c(Cl)cnn1CCN(C)C. The van der Waals surface area contributed by atoms with Crippen LogP contribution in [-0.4, -0.2) is 42.4 Å². The quantitative estimate of drug-likeness (QED) is 0.843. The summed E-state index contributed by atoms with van der Waals surface area (Å²) in [5, 5.41) is 8.23. The van der Waals surface area contributed by atoms with Crippen molar-refractivity contribution in [2.45, 2.75) is 12.6 Å². The maximum absolute atomic E-state index is 6.33. The Hall–Kier alpha value is -0.300. The van der Waals surface area contributed by atoms with E-state index in [1.165, 1.54) is 11.3 Å². The highest BCUT2D eigenvalue weighted by molar-refractivity contribution is 7.20. The van der Waals surface area contributed by atoms with Crippen molar-refractivity contribution in [1.82, 2.24) is 20.0 Å². The Balaban J connectivity index is 2.38. The first kappa shape index (κ1) is 17.1. The van der Waals surface area contributed by atoms with Crippen molar-refractivity contribution in [2.24, 2.45) is 0 Å².